The molecule has 32 heavy (non-hydrogen) atoms. The number of aromatic nitrogens is 3. The fraction of sp³-hybridized carbons (Fsp3) is 0.115. The third-order valence-electron chi connectivity index (χ3n) is 4.93. The Bertz CT molecular complexity index is 1200. The van der Waals surface area contributed by atoms with Crippen molar-refractivity contribution in [2.24, 2.45) is 0 Å². The summed E-state index contributed by atoms with van der Waals surface area (Å²) in [4.78, 5) is 12.4. The monoisotopic (exact) mass is 424 g/mol. The van der Waals surface area contributed by atoms with Gasteiger partial charge in [0.15, 0.2) is 0 Å². The molecule has 6 nitrogen and oxygen atoms in total. The molecule has 0 bridgehead atoms. The first-order valence-corrected chi connectivity index (χ1v) is 10.3. The van der Waals surface area contributed by atoms with Crippen LogP contribution in [0.25, 0.3) is 6.08 Å². The highest BCUT2D eigenvalue weighted by Gasteiger charge is 2.07. The van der Waals surface area contributed by atoms with E-state index in [0.717, 1.165) is 16.9 Å². The number of nitrogens with zero attached hydrogens (tertiary/aromatic N) is 3. The second kappa shape index (κ2) is 10.2. The first-order valence-electron chi connectivity index (χ1n) is 10.3. The van der Waals surface area contributed by atoms with E-state index in [-0.39, 0.29) is 5.91 Å². The maximum Gasteiger partial charge on any atom is 0.248 e. The molecule has 160 valence electrons. The Morgan fingerprint density at radius 2 is 1.72 bits per heavy atom. The second-order valence-corrected chi connectivity index (χ2v) is 7.34. The number of nitrogens with one attached hydrogen (secondary N) is 1. The van der Waals surface area contributed by atoms with Gasteiger partial charge in [-0.15, -0.1) is 5.10 Å². The minimum atomic E-state index is -0.238. The Kier molecular flexibility index (Phi) is 6.72. The van der Waals surface area contributed by atoms with Gasteiger partial charge in [-0.25, -0.2) is 4.68 Å². The molecule has 1 amide bonds. The van der Waals surface area contributed by atoms with Crippen molar-refractivity contribution in [2.75, 3.05) is 12.4 Å². The second-order valence-electron chi connectivity index (χ2n) is 7.34. The van der Waals surface area contributed by atoms with Crippen molar-refractivity contribution in [3.63, 3.8) is 0 Å². The van der Waals surface area contributed by atoms with Crippen LogP contribution in [-0.4, -0.2) is 28.0 Å². The minimum absolute atomic E-state index is 0.238. The Hall–Kier alpha value is -4.19. The summed E-state index contributed by atoms with van der Waals surface area (Å²) in [5, 5.41) is 11.1. The SMILES string of the molecule is COc1ccc(NC(=O)/C=C/c2cn(Cc3ccccc3)nn2)cc1Cc1ccccc1. The summed E-state index contributed by atoms with van der Waals surface area (Å²) < 4.78 is 7.23. The van der Waals surface area contributed by atoms with E-state index < -0.39 is 0 Å². The van der Waals surface area contributed by atoms with Gasteiger partial charge in [-0.3, -0.25) is 4.79 Å². The molecule has 0 aliphatic rings. The molecular formula is C26H24N4O2. The van der Waals surface area contributed by atoms with Crippen LogP contribution in [0.3, 0.4) is 0 Å². The third-order valence-corrected chi connectivity index (χ3v) is 4.93. The van der Waals surface area contributed by atoms with E-state index in [0.29, 0.717) is 24.3 Å². The van der Waals surface area contributed by atoms with Crippen molar-refractivity contribution in [3.8, 4) is 5.75 Å². The average molecular weight is 425 g/mol. The van der Waals surface area contributed by atoms with Gasteiger partial charge >= 0.3 is 0 Å². The summed E-state index contributed by atoms with van der Waals surface area (Å²) >= 11 is 0. The molecule has 0 atom stereocenters. The summed E-state index contributed by atoms with van der Waals surface area (Å²) in [5.74, 6) is 0.552. The van der Waals surface area contributed by atoms with Gasteiger partial charge in [-0.1, -0.05) is 65.9 Å². The third kappa shape index (κ3) is 5.70. The predicted molar refractivity (Wildman–Crippen MR) is 125 cm³/mol. The van der Waals surface area contributed by atoms with Crippen molar-refractivity contribution in [1.29, 1.82) is 0 Å². The largest absolute Gasteiger partial charge is 0.496 e. The zero-order valence-corrected chi connectivity index (χ0v) is 17.8. The molecular weight excluding hydrogens is 400 g/mol. The maximum absolute atomic E-state index is 12.4. The lowest BCUT2D eigenvalue weighted by molar-refractivity contribution is -0.111. The zero-order chi connectivity index (χ0) is 22.2. The van der Waals surface area contributed by atoms with E-state index in [1.54, 1.807) is 17.9 Å². The van der Waals surface area contributed by atoms with Gasteiger partial charge < -0.3 is 10.1 Å². The minimum Gasteiger partial charge on any atom is -0.496 e. The summed E-state index contributed by atoms with van der Waals surface area (Å²) in [7, 11) is 1.65. The van der Waals surface area contributed by atoms with Crippen LogP contribution in [0.2, 0.25) is 0 Å². The standard InChI is InChI=1S/C26H24N4O2/c1-32-25-14-12-23(17-22(25)16-20-8-4-2-5-9-20)27-26(31)15-13-24-19-30(29-28-24)18-21-10-6-3-7-11-21/h2-15,17,19H,16,18H2,1H3,(H,27,31)/b15-13+. The van der Waals surface area contributed by atoms with Gasteiger partial charge in [0.1, 0.15) is 11.4 Å². The van der Waals surface area contributed by atoms with Crippen LogP contribution in [0.15, 0.2) is 91.1 Å². The number of carbonyl (C=O) groups is 1. The molecule has 0 radical (unpaired) electrons. The zero-order valence-electron chi connectivity index (χ0n) is 17.8. The highest BCUT2D eigenvalue weighted by molar-refractivity contribution is 6.01. The summed E-state index contributed by atoms with van der Waals surface area (Å²) in [6.45, 7) is 0.629. The van der Waals surface area contributed by atoms with E-state index in [9.17, 15) is 4.79 Å². The molecule has 3 aromatic carbocycles. The molecule has 1 aromatic heterocycles. The molecule has 0 saturated heterocycles. The van der Waals surface area contributed by atoms with Crippen molar-refractivity contribution in [3.05, 3.63) is 114 Å². The molecule has 6 heteroatoms. The summed E-state index contributed by atoms with van der Waals surface area (Å²) in [6, 6.07) is 25.8. The number of rotatable bonds is 8. The summed E-state index contributed by atoms with van der Waals surface area (Å²) in [5.41, 5.74) is 4.64. The molecule has 4 rings (SSSR count). The van der Waals surface area contributed by atoms with Crippen LogP contribution < -0.4 is 10.1 Å². The maximum atomic E-state index is 12.4. The lowest BCUT2D eigenvalue weighted by Gasteiger charge is -2.11. The number of hydrogen-bond acceptors (Lipinski definition) is 4. The lowest BCUT2D eigenvalue weighted by atomic mass is 10.0. The highest BCUT2D eigenvalue weighted by Crippen LogP contribution is 2.25. The van der Waals surface area contributed by atoms with Gasteiger partial charge in [0, 0.05) is 23.7 Å². The van der Waals surface area contributed by atoms with Crippen LogP contribution in [0.1, 0.15) is 22.4 Å². The fourth-order valence-electron chi connectivity index (χ4n) is 3.39. The van der Waals surface area contributed by atoms with Crippen LogP contribution in [0.5, 0.6) is 5.75 Å². The molecule has 0 saturated carbocycles. The molecule has 4 aromatic rings. The van der Waals surface area contributed by atoms with E-state index in [1.165, 1.54) is 11.6 Å². The number of ether oxygens (including phenoxy) is 1. The molecule has 0 spiro atoms. The fourth-order valence-corrected chi connectivity index (χ4v) is 3.39. The Morgan fingerprint density at radius 1 is 1.00 bits per heavy atom. The molecule has 0 fully saturated rings. The molecule has 0 unspecified atom stereocenters. The van der Waals surface area contributed by atoms with Crippen LogP contribution in [0.4, 0.5) is 5.69 Å². The number of amides is 1. The Morgan fingerprint density at radius 3 is 2.44 bits per heavy atom. The van der Waals surface area contributed by atoms with Crippen LogP contribution in [-0.2, 0) is 17.8 Å². The predicted octanol–water partition coefficient (Wildman–Crippen LogP) is 4.58. The van der Waals surface area contributed by atoms with Gasteiger partial charge in [0.2, 0.25) is 5.91 Å². The van der Waals surface area contributed by atoms with Gasteiger partial charge in [-0.2, -0.15) is 0 Å². The lowest BCUT2D eigenvalue weighted by Crippen LogP contribution is -2.08. The van der Waals surface area contributed by atoms with Crippen LogP contribution >= 0.6 is 0 Å². The van der Waals surface area contributed by atoms with E-state index >= 15 is 0 Å². The number of carbonyl (C=O) groups excluding carboxylic acids is 1. The molecule has 0 aliphatic heterocycles. The number of anilines is 1. The molecule has 1 heterocycles. The van der Waals surface area contributed by atoms with Crippen LogP contribution in [0, 0.1) is 0 Å². The number of benzene rings is 3. The van der Waals surface area contributed by atoms with E-state index in [1.807, 2.05) is 72.9 Å². The van der Waals surface area contributed by atoms with E-state index in [2.05, 4.69) is 27.8 Å². The first-order chi connectivity index (χ1) is 15.7. The topological polar surface area (TPSA) is 69.0 Å². The van der Waals surface area contributed by atoms with Gasteiger partial charge in [-0.05, 0) is 35.4 Å². The van der Waals surface area contributed by atoms with Crippen molar-refractivity contribution < 1.29 is 9.53 Å². The van der Waals surface area contributed by atoms with Gasteiger partial charge in [0.05, 0.1) is 19.9 Å². The first kappa shape index (κ1) is 21.1. The number of hydrogen-bond donors (Lipinski definition) is 1. The highest BCUT2D eigenvalue weighted by atomic mass is 16.5. The number of methoxy groups -OCH3 is 1. The molecule has 0 aliphatic carbocycles. The summed E-state index contributed by atoms with van der Waals surface area (Å²) in [6.07, 6.45) is 5.63. The van der Waals surface area contributed by atoms with Crippen molar-refractivity contribution >= 4 is 17.7 Å². The average Bonchev–Trinajstić information content (AvgIpc) is 3.26. The normalized spacial score (nSPS) is 10.9. The Labute approximate surface area is 187 Å². The van der Waals surface area contributed by atoms with Crippen molar-refractivity contribution in [1.82, 2.24) is 15.0 Å². The molecule has 1 N–H and O–H groups in total. The Balaban J connectivity index is 1.39. The van der Waals surface area contributed by atoms with E-state index in [4.69, 9.17) is 4.74 Å². The smallest absolute Gasteiger partial charge is 0.248 e. The van der Waals surface area contributed by atoms with Gasteiger partial charge in [0.25, 0.3) is 0 Å². The quantitative estimate of drug-likeness (QED) is 0.421. The van der Waals surface area contributed by atoms with Crippen molar-refractivity contribution in [2.45, 2.75) is 13.0 Å².